The third kappa shape index (κ3) is 3.58. The van der Waals surface area contributed by atoms with E-state index in [0.717, 1.165) is 31.4 Å². The average Bonchev–Trinajstić information content (AvgIpc) is 2.87. The summed E-state index contributed by atoms with van der Waals surface area (Å²) in [6.07, 6.45) is 3.66. The molecule has 31 heavy (non-hydrogen) atoms. The zero-order valence-electron chi connectivity index (χ0n) is 17.2. The van der Waals surface area contributed by atoms with E-state index in [-0.39, 0.29) is 28.9 Å². The monoisotopic (exact) mass is 431 g/mol. The number of amides is 2. The van der Waals surface area contributed by atoms with Crippen molar-refractivity contribution in [3.63, 3.8) is 0 Å². The van der Waals surface area contributed by atoms with E-state index in [0.29, 0.717) is 12.1 Å². The quantitative estimate of drug-likeness (QED) is 0.782. The van der Waals surface area contributed by atoms with Crippen molar-refractivity contribution in [3.05, 3.63) is 62.6 Å². The van der Waals surface area contributed by atoms with Crippen molar-refractivity contribution < 1.29 is 23.5 Å². The molecule has 1 saturated heterocycles. The molecule has 2 amide bonds. The molecular formula is C22H23F2N3O4. The van der Waals surface area contributed by atoms with Gasteiger partial charge in [-0.1, -0.05) is 0 Å². The van der Waals surface area contributed by atoms with Crippen molar-refractivity contribution in [3.8, 4) is 5.75 Å². The number of benzene rings is 1. The van der Waals surface area contributed by atoms with Crippen molar-refractivity contribution in [2.45, 2.75) is 51.7 Å². The summed E-state index contributed by atoms with van der Waals surface area (Å²) in [5.74, 6) is -3.72. The molecule has 164 valence electrons. The Morgan fingerprint density at radius 2 is 1.90 bits per heavy atom. The Labute approximate surface area is 177 Å². The summed E-state index contributed by atoms with van der Waals surface area (Å²) in [5.41, 5.74) is -1.42. The van der Waals surface area contributed by atoms with Crippen LogP contribution in [0, 0.1) is 18.6 Å². The molecule has 2 atom stereocenters. The lowest BCUT2D eigenvalue weighted by atomic mass is 10.1. The molecule has 3 heterocycles. The molecule has 0 spiro atoms. The van der Waals surface area contributed by atoms with E-state index in [2.05, 4.69) is 5.32 Å². The summed E-state index contributed by atoms with van der Waals surface area (Å²) < 4.78 is 29.6. The van der Waals surface area contributed by atoms with Crippen LogP contribution in [0.4, 0.5) is 8.78 Å². The maximum atomic E-state index is 14.0. The molecule has 0 radical (unpaired) electrons. The van der Waals surface area contributed by atoms with E-state index < -0.39 is 41.2 Å². The van der Waals surface area contributed by atoms with Crippen molar-refractivity contribution >= 4 is 11.8 Å². The minimum absolute atomic E-state index is 0.0111. The molecule has 2 N–H and O–H groups in total. The Bertz CT molecular complexity index is 1120. The van der Waals surface area contributed by atoms with Crippen LogP contribution in [0.1, 0.15) is 64.2 Å². The number of aryl methyl sites for hydroxylation is 1. The van der Waals surface area contributed by atoms with Gasteiger partial charge >= 0.3 is 0 Å². The van der Waals surface area contributed by atoms with Gasteiger partial charge in [0.15, 0.2) is 11.4 Å². The first-order valence-electron chi connectivity index (χ1n) is 10.2. The Kier molecular flexibility index (Phi) is 5.28. The van der Waals surface area contributed by atoms with E-state index in [4.69, 9.17) is 0 Å². The lowest BCUT2D eigenvalue weighted by Crippen LogP contribution is -2.47. The number of hydrogen-bond donors (Lipinski definition) is 2. The fourth-order valence-electron chi connectivity index (χ4n) is 4.39. The van der Waals surface area contributed by atoms with Gasteiger partial charge in [0.1, 0.15) is 17.2 Å². The van der Waals surface area contributed by atoms with Gasteiger partial charge in [-0.05, 0) is 50.8 Å². The van der Waals surface area contributed by atoms with Gasteiger partial charge in [0.25, 0.3) is 11.8 Å². The van der Waals surface area contributed by atoms with E-state index in [1.54, 1.807) is 11.8 Å². The van der Waals surface area contributed by atoms with Gasteiger partial charge in [-0.2, -0.15) is 0 Å². The van der Waals surface area contributed by atoms with Gasteiger partial charge in [0.05, 0.1) is 6.04 Å². The summed E-state index contributed by atoms with van der Waals surface area (Å²) in [4.78, 5) is 39.9. The Morgan fingerprint density at radius 3 is 2.58 bits per heavy atom. The minimum atomic E-state index is -0.991. The summed E-state index contributed by atoms with van der Waals surface area (Å²) in [7, 11) is 0. The van der Waals surface area contributed by atoms with Gasteiger partial charge in [-0.15, -0.1) is 0 Å². The van der Waals surface area contributed by atoms with Crippen LogP contribution in [-0.4, -0.2) is 39.0 Å². The second kappa shape index (κ2) is 7.79. The van der Waals surface area contributed by atoms with E-state index in [9.17, 15) is 28.3 Å². The van der Waals surface area contributed by atoms with Gasteiger partial charge < -0.3 is 19.9 Å². The number of aromatic nitrogens is 1. The van der Waals surface area contributed by atoms with Crippen molar-refractivity contribution in [1.29, 1.82) is 0 Å². The molecule has 1 fully saturated rings. The van der Waals surface area contributed by atoms with Crippen LogP contribution in [0.5, 0.6) is 5.75 Å². The fourth-order valence-corrected chi connectivity index (χ4v) is 4.39. The van der Waals surface area contributed by atoms with Crippen LogP contribution in [0.3, 0.4) is 0 Å². The smallest absolute Gasteiger partial charge is 0.274 e. The molecule has 2 aliphatic rings. The summed E-state index contributed by atoms with van der Waals surface area (Å²) in [5, 5.41) is 12.8. The fraction of sp³-hybridized carbons (Fsp3) is 0.409. The lowest BCUT2D eigenvalue weighted by molar-refractivity contribution is 0.0604. The number of carbonyl (C=O) groups is 2. The summed E-state index contributed by atoms with van der Waals surface area (Å²) >= 11 is 0. The number of nitrogens with zero attached hydrogens (tertiary/aromatic N) is 2. The molecule has 2 bridgehead atoms. The third-order valence-electron chi connectivity index (χ3n) is 6.12. The van der Waals surface area contributed by atoms with Crippen LogP contribution < -0.4 is 10.7 Å². The third-order valence-corrected chi connectivity index (χ3v) is 6.12. The Morgan fingerprint density at radius 1 is 1.23 bits per heavy atom. The second-order valence-electron chi connectivity index (χ2n) is 8.26. The predicted molar refractivity (Wildman–Crippen MR) is 108 cm³/mol. The van der Waals surface area contributed by atoms with Crippen LogP contribution in [-0.2, 0) is 6.54 Å². The molecule has 2 aliphatic heterocycles. The van der Waals surface area contributed by atoms with Crippen LogP contribution in [0.15, 0.2) is 23.1 Å². The molecular weight excluding hydrogens is 408 g/mol. The van der Waals surface area contributed by atoms with Crippen LogP contribution in [0.25, 0.3) is 0 Å². The van der Waals surface area contributed by atoms with Crippen LogP contribution in [0.2, 0.25) is 0 Å². The first-order valence-corrected chi connectivity index (χ1v) is 10.2. The lowest BCUT2D eigenvalue weighted by Gasteiger charge is -2.37. The van der Waals surface area contributed by atoms with Crippen molar-refractivity contribution in [2.24, 2.45) is 0 Å². The minimum Gasteiger partial charge on any atom is -0.503 e. The molecule has 1 aromatic carbocycles. The first kappa shape index (κ1) is 21.0. The number of halogens is 2. The molecule has 4 rings (SSSR count). The zero-order valence-corrected chi connectivity index (χ0v) is 17.2. The van der Waals surface area contributed by atoms with Gasteiger partial charge in [0, 0.05) is 30.9 Å². The number of nitrogens with one attached hydrogen (secondary N) is 1. The first-order chi connectivity index (χ1) is 14.7. The molecule has 7 nitrogen and oxygen atoms in total. The number of carbonyl (C=O) groups excluding carboxylic acids is 2. The maximum absolute atomic E-state index is 14.0. The molecule has 0 unspecified atom stereocenters. The van der Waals surface area contributed by atoms with Gasteiger partial charge in [-0.3, -0.25) is 14.4 Å². The van der Waals surface area contributed by atoms with Crippen LogP contribution >= 0.6 is 0 Å². The largest absolute Gasteiger partial charge is 0.503 e. The molecule has 9 heteroatoms. The summed E-state index contributed by atoms with van der Waals surface area (Å²) in [6, 6.07) is 2.11. The van der Waals surface area contributed by atoms with Gasteiger partial charge in [-0.25, -0.2) is 8.78 Å². The highest BCUT2D eigenvalue weighted by Gasteiger charge is 2.38. The number of aromatic hydroxyl groups is 1. The van der Waals surface area contributed by atoms with Crippen molar-refractivity contribution in [2.75, 3.05) is 6.54 Å². The predicted octanol–water partition coefficient (Wildman–Crippen LogP) is 2.64. The Balaban J connectivity index is 1.67. The molecule has 1 aromatic heterocycles. The number of hydrogen-bond acceptors (Lipinski definition) is 4. The SMILES string of the molecule is Cc1cc(F)c(CNC(=O)c2cn3c(c(O)c2=O)C(=O)N2C[C@@H]3CCC[C@@H]2C)c(F)c1. The van der Waals surface area contributed by atoms with E-state index >= 15 is 0 Å². The second-order valence-corrected chi connectivity index (χ2v) is 8.26. The summed E-state index contributed by atoms with van der Waals surface area (Å²) in [6.45, 7) is 3.43. The highest BCUT2D eigenvalue weighted by Crippen LogP contribution is 2.34. The number of rotatable bonds is 3. The topological polar surface area (TPSA) is 91.6 Å². The number of fused-ring (bicyclic) bond motifs is 4. The molecule has 0 saturated carbocycles. The van der Waals surface area contributed by atoms with E-state index in [1.807, 2.05) is 6.92 Å². The highest BCUT2D eigenvalue weighted by atomic mass is 19.1. The molecule has 0 aliphatic carbocycles. The Hall–Kier alpha value is -3.23. The average molecular weight is 431 g/mol. The maximum Gasteiger partial charge on any atom is 0.274 e. The zero-order chi connectivity index (χ0) is 22.4. The number of pyridine rings is 1. The highest BCUT2D eigenvalue weighted by molar-refractivity contribution is 5.99. The van der Waals surface area contributed by atoms with Crippen molar-refractivity contribution in [1.82, 2.24) is 14.8 Å². The van der Waals surface area contributed by atoms with Gasteiger partial charge in [0.2, 0.25) is 5.43 Å². The molecule has 2 aromatic rings. The standard InChI is InChI=1S/C22H23F2N3O4/c1-11-6-16(23)14(17(24)7-11)8-25-21(30)15-10-27-13-5-3-4-12(2)26(9-13)22(31)18(27)20(29)19(15)28/h6-7,10,12-13,29H,3-5,8-9H2,1-2H3,(H,25,30)/t12-,13-/m0/s1. The normalized spacial score (nSPS) is 20.3. The van der Waals surface area contributed by atoms with E-state index in [1.165, 1.54) is 10.8 Å².